The molecular formula is C16H23N5OS. The highest BCUT2D eigenvalue weighted by Gasteiger charge is 2.23. The predicted molar refractivity (Wildman–Crippen MR) is 91.4 cm³/mol. The maximum atomic E-state index is 12.4. The molecule has 1 aliphatic heterocycles. The number of hydrogen-bond donors (Lipinski definition) is 2. The second-order valence-electron chi connectivity index (χ2n) is 5.97. The zero-order chi connectivity index (χ0) is 16.2. The third-order valence-corrected chi connectivity index (χ3v) is 4.95. The Kier molecular flexibility index (Phi) is 4.97. The van der Waals surface area contributed by atoms with Crippen molar-refractivity contribution in [2.75, 3.05) is 26.2 Å². The zero-order valence-electron chi connectivity index (χ0n) is 13.6. The van der Waals surface area contributed by atoms with Gasteiger partial charge in [-0.3, -0.25) is 4.90 Å². The van der Waals surface area contributed by atoms with Gasteiger partial charge in [0.15, 0.2) is 0 Å². The summed E-state index contributed by atoms with van der Waals surface area (Å²) in [5.74, 6) is 0.798. The first kappa shape index (κ1) is 16.0. The van der Waals surface area contributed by atoms with Gasteiger partial charge in [-0.05, 0) is 25.3 Å². The number of aromatic nitrogens is 2. The van der Waals surface area contributed by atoms with E-state index in [0.29, 0.717) is 0 Å². The van der Waals surface area contributed by atoms with E-state index in [0.717, 1.165) is 44.2 Å². The molecule has 0 aliphatic carbocycles. The van der Waals surface area contributed by atoms with E-state index in [1.165, 1.54) is 4.88 Å². The number of H-pyrrole nitrogens is 1. The van der Waals surface area contributed by atoms with Crippen LogP contribution in [0.4, 0.5) is 4.79 Å². The number of carbonyl (C=O) groups excluding carboxylic acids is 1. The Morgan fingerprint density at radius 3 is 2.83 bits per heavy atom. The number of hydrogen-bond acceptors (Lipinski definition) is 4. The van der Waals surface area contributed by atoms with Crippen molar-refractivity contribution in [2.24, 2.45) is 0 Å². The Morgan fingerprint density at radius 2 is 2.22 bits per heavy atom. The van der Waals surface area contributed by atoms with E-state index >= 15 is 0 Å². The maximum absolute atomic E-state index is 12.4. The van der Waals surface area contributed by atoms with Crippen LogP contribution in [0.1, 0.15) is 29.4 Å². The number of nitrogens with one attached hydrogen (secondary N) is 2. The first-order valence-electron chi connectivity index (χ1n) is 7.93. The minimum Gasteiger partial charge on any atom is -0.344 e. The number of imidazole rings is 1. The normalized spacial score (nSPS) is 17.2. The molecule has 124 valence electrons. The number of urea groups is 1. The molecule has 23 heavy (non-hydrogen) atoms. The summed E-state index contributed by atoms with van der Waals surface area (Å²) in [6.45, 7) is 8.25. The summed E-state index contributed by atoms with van der Waals surface area (Å²) in [5, 5.41) is 5.12. The fraction of sp³-hybridized carbons (Fsp3) is 0.500. The van der Waals surface area contributed by atoms with Gasteiger partial charge in [0.1, 0.15) is 5.82 Å². The fourth-order valence-corrected chi connectivity index (χ4v) is 3.48. The number of rotatable bonds is 4. The molecule has 2 aromatic rings. The van der Waals surface area contributed by atoms with E-state index in [-0.39, 0.29) is 12.1 Å². The molecule has 6 nitrogen and oxygen atoms in total. The van der Waals surface area contributed by atoms with Gasteiger partial charge >= 0.3 is 6.03 Å². The SMILES string of the molecule is Cc1cnc(C(C)NC(=O)N2CCN(Cc3cccs3)CC2)[nH]1. The highest BCUT2D eigenvalue weighted by Crippen LogP contribution is 2.14. The van der Waals surface area contributed by atoms with Crippen LogP contribution in [-0.4, -0.2) is 52.0 Å². The Labute approximate surface area is 140 Å². The van der Waals surface area contributed by atoms with Crippen molar-refractivity contribution >= 4 is 17.4 Å². The molecule has 1 aliphatic rings. The highest BCUT2D eigenvalue weighted by molar-refractivity contribution is 7.09. The van der Waals surface area contributed by atoms with Crippen molar-refractivity contribution in [1.29, 1.82) is 0 Å². The molecule has 2 aromatic heterocycles. The van der Waals surface area contributed by atoms with E-state index in [4.69, 9.17) is 0 Å². The topological polar surface area (TPSA) is 64.3 Å². The molecule has 0 radical (unpaired) electrons. The Bertz CT molecular complexity index is 631. The molecule has 1 atom stereocenters. The molecule has 7 heteroatoms. The molecule has 0 bridgehead atoms. The Hall–Kier alpha value is -1.86. The van der Waals surface area contributed by atoms with Crippen molar-refractivity contribution in [1.82, 2.24) is 25.1 Å². The molecule has 1 saturated heterocycles. The first-order valence-corrected chi connectivity index (χ1v) is 8.81. The molecule has 0 saturated carbocycles. The summed E-state index contributed by atoms with van der Waals surface area (Å²) < 4.78 is 0. The molecule has 1 unspecified atom stereocenters. The summed E-state index contributed by atoms with van der Waals surface area (Å²) >= 11 is 1.79. The quantitative estimate of drug-likeness (QED) is 0.903. The summed E-state index contributed by atoms with van der Waals surface area (Å²) in [4.78, 5) is 25.5. The molecule has 3 heterocycles. The fourth-order valence-electron chi connectivity index (χ4n) is 2.73. The molecule has 2 N–H and O–H groups in total. The van der Waals surface area contributed by atoms with Crippen molar-refractivity contribution in [3.05, 3.63) is 40.1 Å². The number of amides is 2. The van der Waals surface area contributed by atoms with Crippen LogP contribution in [0.3, 0.4) is 0 Å². The van der Waals surface area contributed by atoms with Crippen LogP contribution >= 0.6 is 11.3 Å². The predicted octanol–water partition coefficient (Wildman–Crippen LogP) is 2.37. The van der Waals surface area contributed by atoms with Crippen LogP contribution in [0.25, 0.3) is 0 Å². The zero-order valence-corrected chi connectivity index (χ0v) is 14.4. The number of nitrogens with zero attached hydrogens (tertiary/aromatic N) is 3. The number of aromatic amines is 1. The van der Waals surface area contributed by atoms with Crippen LogP contribution in [0.15, 0.2) is 23.7 Å². The van der Waals surface area contributed by atoms with Crippen LogP contribution in [0.5, 0.6) is 0 Å². The molecule has 0 spiro atoms. The van der Waals surface area contributed by atoms with Crippen LogP contribution in [0.2, 0.25) is 0 Å². The smallest absolute Gasteiger partial charge is 0.318 e. The third kappa shape index (κ3) is 4.11. The summed E-state index contributed by atoms with van der Waals surface area (Å²) in [7, 11) is 0. The van der Waals surface area contributed by atoms with Gasteiger partial charge in [-0.15, -0.1) is 11.3 Å². The number of piperazine rings is 1. The van der Waals surface area contributed by atoms with Gasteiger partial charge in [0.05, 0.1) is 6.04 Å². The second-order valence-corrected chi connectivity index (χ2v) is 7.00. The lowest BCUT2D eigenvalue weighted by Crippen LogP contribution is -2.51. The summed E-state index contributed by atoms with van der Waals surface area (Å²) in [5.41, 5.74) is 1.00. The van der Waals surface area contributed by atoms with Crippen molar-refractivity contribution in [2.45, 2.75) is 26.4 Å². The van der Waals surface area contributed by atoms with Crippen LogP contribution < -0.4 is 5.32 Å². The number of thiophene rings is 1. The average molecular weight is 333 g/mol. The summed E-state index contributed by atoms with van der Waals surface area (Å²) in [6.07, 6.45) is 1.78. The number of carbonyl (C=O) groups is 1. The van der Waals surface area contributed by atoms with Crippen molar-refractivity contribution < 1.29 is 4.79 Å². The van der Waals surface area contributed by atoms with Gasteiger partial charge in [0, 0.05) is 49.5 Å². The lowest BCUT2D eigenvalue weighted by Gasteiger charge is -2.34. The molecular weight excluding hydrogens is 310 g/mol. The van der Waals surface area contributed by atoms with Crippen LogP contribution in [-0.2, 0) is 6.54 Å². The molecule has 3 rings (SSSR count). The van der Waals surface area contributed by atoms with Crippen LogP contribution in [0, 0.1) is 6.92 Å². The van der Waals surface area contributed by atoms with E-state index in [2.05, 4.69) is 37.7 Å². The third-order valence-electron chi connectivity index (χ3n) is 4.09. The van der Waals surface area contributed by atoms with Gasteiger partial charge in [-0.25, -0.2) is 9.78 Å². The largest absolute Gasteiger partial charge is 0.344 e. The maximum Gasteiger partial charge on any atom is 0.318 e. The highest BCUT2D eigenvalue weighted by atomic mass is 32.1. The average Bonchev–Trinajstić information content (AvgIpc) is 3.19. The first-order chi connectivity index (χ1) is 11.1. The Morgan fingerprint density at radius 1 is 1.43 bits per heavy atom. The standard InChI is InChI=1S/C16H23N5OS/c1-12-10-17-15(18-12)13(2)19-16(22)21-7-5-20(6-8-21)11-14-4-3-9-23-14/h3-4,9-10,13H,5-8,11H2,1-2H3,(H,17,18)(H,19,22). The Balaban J connectivity index is 1.46. The van der Waals surface area contributed by atoms with Gasteiger partial charge in [-0.2, -0.15) is 0 Å². The van der Waals surface area contributed by atoms with Gasteiger partial charge in [0.2, 0.25) is 0 Å². The van der Waals surface area contributed by atoms with E-state index < -0.39 is 0 Å². The van der Waals surface area contributed by atoms with Gasteiger partial charge in [0.25, 0.3) is 0 Å². The second kappa shape index (κ2) is 7.14. The minimum absolute atomic E-state index is 0.0117. The summed E-state index contributed by atoms with van der Waals surface area (Å²) in [6, 6.07) is 4.13. The van der Waals surface area contributed by atoms with E-state index in [1.54, 1.807) is 17.5 Å². The number of aryl methyl sites for hydroxylation is 1. The van der Waals surface area contributed by atoms with Gasteiger partial charge in [-0.1, -0.05) is 6.07 Å². The monoisotopic (exact) mass is 333 g/mol. The lowest BCUT2D eigenvalue weighted by atomic mass is 10.3. The molecule has 2 amide bonds. The van der Waals surface area contributed by atoms with Crippen molar-refractivity contribution in [3.63, 3.8) is 0 Å². The molecule has 1 fully saturated rings. The lowest BCUT2D eigenvalue weighted by molar-refractivity contribution is 0.134. The minimum atomic E-state index is -0.111. The molecule has 0 aromatic carbocycles. The van der Waals surface area contributed by atoms with Gasteiger partial charge < -0.3 is 15.2 Å². The van der Waals surface area contributed by atoms with Crippen molar-refractivity contribution in [3.8, 4) is 0 Å². The van der Waals surface area contributed by atoms with E-state index in [1.807, 2.05) is 18.7 Å². The van der Waals surface area contributed by atoms with E-state index in [9.17, 15) is 4.79 Å².